The summed E-state index contributed by atoms with van der Waals surface area (Å²) in [4.78, 5) is 10.9. The zero-order valence-corrected chi connectivity index (χ0v) is 13.8. The molecule has 0 aliphatic heterocycles. The first-order valence-electron chi connectivity index (χ1n) is 8.30. The molecule has 0 fully saturated rings. The van der Waals surface area contributed by atoms with E-state index in [0.29, 0.717) is 0 Å². The number of aryl methyl sites for hydroxylation is 1. The fourth-order valence-corrected chi connectivity index (χ4v) is 3.29. The normalized spacial score (nSPS) is 12.6. The molecule has 3 heteroatoms. The number of carbonyl (C=O) groups is 1. The predicted molar refractivity (Wildman–Crippen MR) is 94.5 cm³/mol. The van der Waals surface area contributed by atoms with Gasteiger partial charge in [-0.3, -0.25) is 4.79 Å². The molecule has 3 nitrogen and oxygen atoms in total. The highest BCUT2D eigenvalue weighted by Crippen LogP contribution is 2.29. The van der Waals surface area contributed by atoms with Crippen molar-refractivity contribution in [2.45, 2.75) is 45.8 Å². The lowest BCUT2D eigenvalue weighted by molar-refractivity contribution is -0.145. The van der Waals surface area contributed by atoms with Gasteiger partial charge in [0.05, 0.1) is 6.10 Å². The van der Waals surface area contributed by atoms with Crippen LogP contribution >= 0.6 is 0 Å². The van der Waals surface area contributed by atoms with Crippen LogP contribution in [0.2, 0.25) is 0 Å². The average molecular weight is 309 g/mol. The quantitative estimate of drug-likeness (QED) is 0.478. The number of hydrogen-bond donors (Lipinski definition) is 0. The largest absolute Gasteiger partial charge is 0.463 e. The summed E-state index contributed by atoms with van der Waals surface area (Å²) < 4.78 is 7.59. The summed E-state index contributed by atoms with van der Waals surface area (Å²) in [6, 6.07) is 17.2. The van der Waals surface area contributed by atoms with Gasteiger partial charge < -0.3 is 9.30 Å². The molecule has 0 saturated carbocycles. The standard InChI is InChI=1S/C20H23NO2/c1-15(23-16(2)22)9-7-8-14-21-19-12-5-3-10-17(19)18-11-4-6-13-20(18)21/h3-6,10-13,15H,7-9,14H2,1-2H3/t15-/m1/s1. The second-order valence-electron chi connectivity index (χ2n) is 6.10. The van der Waals surface area contributed by atoms with Gasteiger partial charge in [-0.25, -0.2) is 0 Å². The Morgan fingerprint density at radius 3 is 2.13 bits per heavy atom. The van der Waals surface area contributed by atoms with Gasteiger partial charge in [0.25, 0.3) is 0 Å². The minimum atomic E-state index is -0.195. The molecule has 0 bridgehead atoms. The van der Waals surface area contributed by atoms with E-state index in [9.17, 15) is 4.79 Å². The second-order valence-corrected chi connectivity index (χ2v) is 6.10. The average Bonchev–Trinajstić information content (AvgIpc) is 2.85. The van der Waals surface area contributed by atoms with Crippen LogP contribution in [0.3, 0.4) is 0 Å². The fraction of sp³-hybridized carbons (Fsp3) is 0.350. The number of hydrogen-bond acceptors (Lipinski definition) is 2. The van der Waals surface area contributed by atoms with Crippen molar-refractivity contribution < 1.29 is 9.53 Å². The van der Waals surface area contributed by atoms with E-state index >= 15 is 0 Å². The van der Waals surface area contributed by atoms with E-state index in [1.807, 2.05) is 6.92 Å². The number of esters is 1. The molecule has 3 aromatic rings. The van der Waals surface area contributed by atoms with Gasteiger partial charge in [-0.15, -0.1) is 0 Å². The van der Waals surface area contributed by atoms with Crippen LogP contribution in [0, 0.1) is 0 Å². The predicted octanol–water partition coefficient (Wildman–Crippen LogP) is 4.92. The monoisotopic (exact) mass is 309 g/mol. The smallest absolute Gasteiger partial charge is 0.302 e. The van der Waals surface area contributed by atoms with Gasteiger partial charge in [0.1, 0.15) is 0 Å². The number of para-hydroxylation sites is 2. The maximum absolute atomic E-state index is 10.9. The summed E-state index contributed by atoms with van der Waals surface area (Å²) in [7, 11) is 0. The number of carbonyl (C=O) groups excluding carboxylic acids is 1. The number of benzene rings is 2. The minimum absolute atomic E-state index is 0.00523. The summed E-state index contributed by atoms with van der Waals surface area (Å²) in [5, 5.41) is 2.63. The van der Waals surface area contributed by atoms with Crippen molar-refractivity contribution in [3.63, 3.8) is 0 Å². The van der Waals surface area contributed by atoms with Gasteiger partial charge in [-0.05, 0) is 38.3 Å². The van der Waals surface area contributed by atoms with Gasteiger partial charge in [0, 0.05) is 35.3 Å². The molecule has 23 heavy (non-hydrogen) atoms. The number of aromatic nitrogens is 1. The van der Waals surface area contributed by atoms with E-state index in [0.717, 1.165) is 25.8 Å². The summed E-state index contributed by atoms with van der Waals surface area (Å²) in [6.45, 7) is 4.41. The van der Waals surface area contributed by atoms with Crippen molar-refractivity contribution in [3.8, 4) is 0 Å². The van der Waals surface area contributed by atoms with Crippen LogP contribution in [0.4, 0.5) is 0 Å². The molecule has 0 saturated heterocycles. The lowest BCUT2D eigenvalue weighted by Crippen LogP contribution is -2.12. The van der Waals surface area contributed by atoms with Gasteiger partial charge >= 0.3 is 5.97 Å². The Morgan fingerprint density at radius 1 is 1.00 bits per heavy atom. The molecule has 0 N–H and O–H groups in total. The molecule has 120 valence electrons. The highest BCUT2D eigenvalue weighted by Gasteiger charge is 2.10. The van der Waals surface area contributed by atoms with E-state index in [1.165, 1.54) is 28.7 Å². The Balaban J connectivity index is 1.73. The van der Waals surface area contributed by atoms with Gasteiger partial charge in [-0.2, -0.15) is 0 Å². The maximum atomic E-state index is 10.9. The van der Waals surface area contributed by atoms with E-state index in [1.54, 1.807) is 0 Å². The molecule has 0 amide bonds. The molecule has 0 spiro atoms. The van der Waals surface area contributed by atoms with Crippen LogP contribution in [-0.4, -0.2) is 16.6 Å². The van der Waals surface area contributed by atoms with Crippen LogP contribution < -0.4 is 0 Å². The first-order valence-corrected chi connectivity index (χ1v) is 8.30. The van der Waals surface area contributed by atoms with Crippen molar-refractivity contribution in [2.75, 3.05) is 0 Å². The zero-order valence-electron chi connectivity index (χ0n) is 13.8. The summed E-state index contributed by atoms with van der Waals surface area (Å²) >= 11 is 0. The molecule has 1 atom stereocenters. The molecule has 1 aromatic heterocycles. The molecule has 0 radical (unpaired) electrons. The number of nitrogens with zero attached hydrogens (tertiary/aromatic N) is 1. The van der Waals surface area contributed by atoms with E-state index in [4.69, 9.17) is 4.74 Å². The maximum Gasteiger partial charge on any atom is 0.302 e. The van der Waals surface area contributed by atoms with Crippen molar-refractivity contribution in [2.24, 2.45) is 0 Å². The number of fused-ring (bicyclic) bond motifs is 3. The van der Waals surface area contributed by atoms with Gasteiger partial charge in [0.15, 0.2) is 0 Å². The summed E-state index contributed by atoms with van der Waals surface area (Å²) in [5.41, 5.74) is 2.59. The lowest BCUT2D eigenvalue weighted by Gasteiger charge is -2.12. The SMILES string of the molecule is CC(=O)O[C@H](C)CCCCn1c2ccccc2c2ccccc21. The third kappa shape index (κ3) is 3.39. The number of ether oxygens (including phenoxy) is 1. The first-order chi connectivity index (χ1) is 11.2. The molecule has 3 rings (SSSR count). The van der Waals surface area contributed by atoms with Crippen molar-refractivity contribution in [1.29, 1.82) is 0 Å². The van der Waals surface area contributed by atoms with Crippen LogP contribution in [0.1, 0.15) is 33.1 Å². The molecule has 1 heterocycles. The number of rotatable bonds is 6. The molecular formula is C20H23NO2. The zero-order chi connectivity index (χ0) is 16.2. The Hall–Kier alpha value is -2.29. The number of unbranched alkanes of at least 4 members (excludes halogenated alkanes) is 1. The van der Waals surface area contributed by atoms with Crippen molar-refractivity contribution in [1.82, 2.24) is 4.57 Å². The molecule has 0 aliphatic rings. The molecule has 0 aliphatic carbocycles. The van der Waals surface area contributed by atoms with Crippen molar-refractivity contribution >= 4 is 27.8 Å². The van der Waals surface area contributed by atoms with Gasteiger partial charge in [-0.1, -0.05) is 36.4 Å². The van der Waals surface area contributed by atoms with Crippen LogP contribution in [-0.2, 0) is 16.1 Å². The Bertz CT molecular complexity index is 765. The Morgan fingerprint density at radius 2 is 1.57 bits per heavy atom. The molecular weight excluding hydrogens is 286 g/mol. The lowest BCUT2D eigenvalue weighted by atomic mass is 10.1. The minimum Gasteiger partial charge on any atom is -0.463 e. The van der Waals surface area contributed by atoms with E-state index in [2.05, 4.69) is 53.1 Å². The van der Waals surface area contributed by atoms with E-state index in [-0.39, 0.29) is 12.1 Å². The van der Waals surface area contributed by atoms with Crippen LogP contribution in [0.25, 0.3) is 21.8 Å². The second kappa shape index (κ2) is 6.86. The topological polar surface area (TPSA) is 31.2 Å². The first kappa shape index (κ1) is 15.6. The molecule has 0 unspecified atom stereocenters. The van der Waals surface area contributed by atoms with E-state index < -0.39 is 0 Å². The molecule has 2 aromatic carbocycles. The highest BCUT2D eigenvalue weighted by molar-refractivity contribution is 6.07. The highest BCUT2D eigenvalue weighted by atomic mass is 16.5. The summed E-state index contributed by atoms with van der Waals surface area (Å²) in [5.74, 6) is -0.195. The van der Waals surface area contributed by atoms with Crippen molar-refractivity contribution in [3.05, 3.63) is 48.5 Å². The van der Waals surface area contributed by atoms with Crippen LogP contribution in [0.5, 0.6) is 0 Å². The Labute approximate surface area is 136 Å². The summed E-state index contributed by atoms with van der Waals surface area (Å²) in [6.07, 6.45) is 3.05. The third-order valence-electron chi connectivity index (χ3n) is 4.29. The Kier molecular flexibility index (Phi) is 4.65. The van der Waals surface area contributed by atoms with Gasteiger partial charge in [0.2, 0.25) is 0 Å². The fourth-order valence-electron chi connectivity index (χ4n) is 3.29. The third-order valence-corrected chi connectivity index (χ3v) is 4.29. The van der Waals surface area contributed by atoms with Crippen LogP contribution in [0.15, 0.2) is 48.5 Å².